The number of amides is 1. The molecule has 82 valence electrons. The Morgan fingerprint density at radius 2 is 2.07 bits per heavy atom. The molecule has 0 unspecified atom stereocenters. The average Bonchev–Trinajstić information content (AvgIpc) is 2.90. The zero-order valence-electron chi connectivity index (χ0n) is 8.98. The van der Waals surface area contributed by atoms with Crippen LogP contribution in [0.15, 0.2) is 5.10 Å². The molecule has 1 amide bonds. The number of rotatable bonds is 3. The summed E-state index contributed by atoms with van der Waals surface area (Å²) in [6.07, 6.45) is 9.58. The highest BCUT2D eigenvalue weighted by Crippen LogP contribution is 2.47. The first-order valence-electron chi connectivity index (χ1n) is 6.16. The Bertz CT molecular complexity index is 296. The summed E-state index contributed by atoms with van der Waals surface area (Å²) in [7, 11) is 0. The van der Waals surface area contributed by atoms with Gasteiger partial charge < -0.3 is 0 Å². The van der Waals surface area contributed by atoms with E-state index in [4.69, 9.17) is 0 Å². The van der Waals surface area contributed by atoms with Crippen molar-refractivity contribution in [2.75, 3.05) is 0 Å². The fourth-order valence-electron chi connectivity index (χ4n) is 3.11. The van der Waals surface area contributed by atoms with Crippen LogP contribution in [-0.2, 0) is 4.79 Å². The summed E-state index contributed by atoms with van der Waals surface area (Å²) in [5.74, 6) is 2.84. The maximum absolute atomic E-state index is 11.3. The van der Waals surface area contributed by atoms with E-state index in [0.717, 1.165) is 24.7 Å². The molecule has 3 heteroatoms. The summed E-state index contributed by atoms with van der Waals surface area (Å²) >= 11 is 0. The molecule has 1 N–H and O–H groups in total. The van der Waals surface area contributed by atoms with E-state index >= 15 is 0 Å². The fourth-order valence-corrected chi connectivity index (χ4v) is 3.11. The van der Waals surface area contributed by atoms with E-state index < -0.39 is 0 Å². The highest BCUT2D eigenvalue weighted by molar-refractivity contribution is 5.81. The summed E-state index contributed by atoms with van der Waals surface area (Å²) in [6, 6.07) is 0. The molecule has 3 rings (SSSR count). The highest BCUT2D eigenvalue weighted by Gasteiger charge is 2.38. The molecule has 3 fully saturated rings. The lowest BCUT2D eigenvalue weighted by Crippen LogP contribution is -2.21. The smallest absolute Gasteiger partial charge is 0.243 e. The highest BCUT2D eigenvalue weighted by atomic mass is 16.2. The summed E-state index contributed by atoms with van der Waals surface area (Å²) in [5.41, 5.74) is 2.66. The Hall–Kier alpha value is -0.860. The number of fused-ring (bicyclic) bond motifs is 2. The monoisotopic (exact) mass is 206 g/mol. The van der Waals surface area contributed by atoms with Gasteiger partial charge in [-0.2, -0.15) is 5.10 Å². The lowest BCUT2D eigenvalue weighted by atomic mass is 9.90. The van der Waals surface area contributed by atoms with Crippen LogP contribution >= 0.6 is 0 Å². The van der Waals surface area contributed by atoms with Gasteiger partial charge in [-0.25, -0.2) is 5.43 Å². The largest absolute Gasteiger partial charge is 0.273 e. The van der Waals surface area contributed by atoms with Gasteiger partial charge in [0, 0.05) is 12.1 Å². The van der Waals surface area contributed by atoms with Gasteiger partial charge >= 0.3 is 0 Å². The molecule has 0 aromatic heterocycles. The standard InChI is InChI=1S/C12H18N2O/c15-12(9-3-4-9)14-13-7-11-6-8-1-2-10(11)5-8/h7-11H,1-6H2,(H,14,15)/t8-,10-,11+/m0/s1. The molecule has 0 saturated heterocycles. The van der Waals surface area contributed by atoms with E-state index in [1.54, 1.807) is 0 Å². The second kappa shape index (κ2) is 3.62. The van der Waals surface area contributed by atoms with Gasteiger partial charge in [-0.1, -0.05) is 6.42 Å². The number of carbonyl (C=O) groups excluding carboxylic acids is 1. The van der Waals surface area contributed by atoms with Crippen molar-refractivity contribution in [3.05, 3.63) is 0 Å². The van der Waals surface area contributed by atoms with Crippen LogP contribution in [0.1, 0.15) is 38.5 Å². The predicted molar refractivity (Wildman–Crippen MR) is 58.3 cm³/mol. The minimum Gasteiger partial charge on any atom is -0.273 e. The van der Waals surface area contributed by atoms with Gasteiger partial charge in [0.1, 0.15) is 0 Å². The molecule has 0 aromatic rings. The number of carbonyl (C=O) groups is 1. The molecule has 3 aliphatic carbocycles. The van der Waals surface area contributed by atoms with E-state index in [2.05, 4.69) is 10.5 Å². The van der Waals surface area contributed by atoms with Crippen LogP contribution in [0, 0.1) is 23.7 Å². The Morgan fingerprint density at radius 3 is 2.67 bits per heavy atom. The van der Waals surface area contributed by atoms with Crippen molar-refractivity contribution >= 4 is 12.1 Å². The first-order chi connectivity index (χ1) is 7.33. The van der Waals surface area contributed by atoms with Crippen molar-refractivity contribution in [1.29, 1.82) is 0 Å². The lowest BCUT2D eigenvalue weighted by molar-refractivity contribution is -0.122. The SMILES string of the molecule is O=C(NN=C[C@H]1C[C@H]2CC[C@H]1C2)C1CC1. The van der Waals surface area contributed by atoms with Crippen LogP contribution in [-0.4, -0.2) is 12.1 Å². The summed E-state index contributed by atoms with van der Waals surface area (Å²) in [4.78, 5) is 11.3. The molecule has 3 aliphatic rings. The van der Waals surface area contributed by atoms with Crippen molar-refractivity contribution in [2.45, 2.75) is 38.5 Å². The number of hydrogen-bond acceptors (Lipinski definition) is 2. The summed E-state index contributed by atoms with van der Waals surface area (Å²) < 4.78 is 0. The Balaban J connectivity index is 1.48. The number of hydrazone groups is 1. The van der Waals surface area contributed by atoms with E-state index in [-0.39, 0.29) is 11.8 Å². The minimum atomic E-state index is 0.120. The molecule has 2 bridgehead atoms. The van der Waals surface area contributed by atoms with Crippen LogP contribution in [0.25, 0.3) is 0 Å². The van der Waals surface area contributed by atoms with E-state index in [9.17, 15) is 4.79 Å². The van der Waals surface area contributed by atoms with Crippen LogP contribution in [0.5, 0.6) is 0 Å². The van der Waals surface area contributed by atoms with Crippen molar-refractivity contribution in [2.24, 2.45) is 28.8 Å². The van der Waals surface area contributed by atoms with Gasteiger partial charge in [-0.15, -0.1) is 0 Å². The number of nitrogens with zero attached hydrogens (tertiary/aromatic N) is 1. The van der Waals surface area contributed by atoms with Crippen molar-refractivity contribution in [3.63, 3.8) is 0 Å². The fraction of sp³-hybridized carbons (Fsp3) is 0.833. The van der Waals surface area contributed by atoms with Gasteiger partial charge in [0.15, 0.2) is 0 Å². The van der Waals surface area contributed by atoms with Gasteiger partial charge in [0.05, 0.1) is 0 Å². The van der Waals surface area contributed by atoms with E-state index in [0.29, 0.717) is 5.92 Å². The molecule has 0 spiro atoms. The first-order valence-corrected chi connectivity index (χ1v) is 6.16. The second-order valence-corrected chi connectivity index (χ2v) is 5.37. The topological polar surface area (TPSA) is 41.5 Å². The van der Waals surface area contributed by atoms with Crippen molar-refractivity contribution < 1.29 is 4.79 Å². The Morgan fingerprint density at radius 1 is 1.20 bits per heavy atom. The third-order valence-corrected chi connectivity index (χ3v) is 4.18. The molecular formula is C12H18N2O. The third-order valence-electron chi connectivity index (χ3n) is 4.18. The summed E-state index contributed by atoms with van der Waals surface area (Å²) in [5, 5.41) is 4.11. The minimum absolute atomic E-state index is 0.120. The molecule has 0 radical (unpaired) electrons. The number of hydrogen-bond donors (Lipinski definition) is 1. The third kappa shape index (κ3) is 1.92. The first kappa shape index (κ1) is 9.37. The van der Waals surface area contributed by atoms with Crippen LogP contribution < -0.4 is 5.43 Å². The quantitative estimate of drug-likeness (QED) is 0.556. The zero-order valence-corrected chi connectivity index (χ0v) is 8.98. The molecule has 15 heavy (non-hydrogen) atoms. The van der Waals surface area contributed by atoms with Gasteiger partial charge in [-0.05, 0) is 49.9 Å². The molecule has 0 aliphatic heterocycles. The van der Waals surface area contributed by atoms with Crippen LogP contribution in [0.2, 0.25) is 0 Å². The molecule has 3 saturated carbocycles. The average molecular weight is 206 g/mol. The van der Waals surface area contributed by atoms with Crippen LogP contribution in [0.3, 0.4) is 0 Å². The maximum atomic E-state index is 11.3. The van der Waals surface area contributed by atoms with Crippen molar-refractivity contribution in [3.8, 4) is 0 Å². The van der Waals surface area contributed by atoms with Gasteiger partial charge in [0.2, 0.25) is 5.91 Å². The van der Waals surface area contributed by atoms with Gasteiger partial charge in [-0.3, -0.25) is 4.79 Å². The molecule has 0 heterocycles. The molecule has 0 aromatic carbocycles. The van der Waals surface area contributed by atoms with E-state index in [1.807, 2.05) is 6.21 Å². The molecular weight excluding hydrogens is 188 g/mol. The molecule has 3 atom stereocenters. The molecule has 3 nitrogen and oxygen atoms in total. The van der Waals surface area contributed by atoms with Crippen molar-refractivity contribution in [1.82, 2.24) is 5.43 Å². The zero-order chi connectivity index (χ0) is 10.3. The maximum Gasteiger partial charge on any atom is 0.243 e. The predicted octanol–water partition coefficient (Wildman–Crippen LogP) is 1.93. The van der Waals surface area contributed by atoms with Gasteiger partial charge in [0.25, 0.3) is 0 Å². The Kier molecular flexibility index (Phi) is 2.26. The van der Waals surface area contributed by atoms with Crippen LogP contribution in [0.4, 0.5) is 0 Å². The summed E-state index contributed by atoms with van der Waals surface area (Å²) in [6.45, 7) is 0. The lowest BCUT2D eigenvalue weighted by Gasteiger charge is -2.16. The van der Waals surface area contributed by atoms with E-state index in [1.165, 1.54) is 25.7 Å². The normalized spacial score (nSPS) is 38.8. The second-order valence-electron chi connectivity index (χ2n) is 5.37. The Labute approximate surface area is 90.3 Å². The number of nitrogens with one attached hydrogen (secondary N) is 1.